The summed E-state index contributed by atoms with van der Waals surface area (Å²) in [4.78, 5) is 24.6. The third-order valence-corrected chi connectivity index (χ3v) is 7.56. The van der Waals surface area contributed by atoms with Gasteiger partial charge in [0.05, 0.1) is 11.4 Å². The number of anilines is 1. The molecule has 1 aliphatic rings. The molecule has 31 heavy (non-hydrogen) atoms. The van der Waals surface area contributed by atoms with Gasteiger partial charge >= 0.3 is 0 Å². The summed E-state index contributed by atoms with van der Waals surface area (Å²) >= 11 is 6.03. The monoisotopic (exact) mass is 467 g/mol. The number of nitrogens with zero attached hydrogens (tertiary/aromatic N) is 1. The normalized spacial score (nSPS) is 15.5. The molecule has 1 saturated heterocycles. The average molecular weight is 468 g/mol. The van der Waals surface area contributed by atoms with Crippen LogP contribution in [0.15, 0.2) is 47.4 Å². The lowest BCUT2D eigenvalue weighted by atomic mass is 9.97. The number of rotatable bonds is 6. The van der Waals surface area contributed by atoms with Crippen LogP contribution in [0.25, 0.3) is 0 Å². The van der Waals surface area contributed by atoms with Gasteiger partial charge in [0.25, 0.3) is 0 Å². The fourth-order valence-electron chi connectivity index (χ4n) is 3.36. The van der Waals surface area contributed by atoms with Crippen molar-refractivity contribution in [2.45, 2.75) is 24.7 Å². The van der Waals surface area contributed by atoms with Crippen LogP contribution in [0.3, 0.4) is 0 Å². The first-order valence-electron chi connectivity index (χ1n) is 9.77. The van der Waals surface area contributed by atoms with E-state index in [2.05, 4.69) is 10.6 Å². The second kappa shape index (κ2) is 9.76. The molecule has 0 saturated carbocycles. The molecule has 2 N–H and O–H groups in total. The predicted octanol–water partition coefficient (Wildman–Crippen LogP) is 2.94. The molecule has 0 bridgehead atoms. The van der Waals surface area contributed by atoms with Crippen LogP contribution < -0.4 is 10.6 Å². The SMILES string of the molecule is Cc1c(Cl)cccc1NC(=O)CNC(=O)C1CCN(S(=O)(=O)c2ccc(F)cc2)CC1. The highest BCUT2D eigenvalue weighted by atomic mass is 35.5. The van der Waals surface area contributed by atoms with Crippen molar-refractivity contribution in [1.29, 1.82) is 0 Å². The van der Waals surface area contributed by atoms with E-state index in [4.69, 9.17) is 11.6 Å². The molecule has 0 aromatic heterocycles. The lowest BCUT2D eigenvalue weighted by Crippen LogP contribution is -2.44. The van der Waals surface area contributed by atoms with Gasteiger partial charge in [-0.15, -0.1) is 0 Å². The van der Waals surface area contributed by atoms with E-state index in [1.54, 1.807) is 25.1 Å². The minimum Gasteiger partial charge on any atom is -0.347 e. The quantitative estimate of drug-likeness (QED) is 0.682. The summed E-state index contributed by atoms with van der Waals surface area (Å²) in [5, 5.41) is 5.84. The number of carbonyl (C=O) groups is 2. The molecule has 0 unspecified atom stereocenters. The molecule has 1 heterocycles. The van der Waals surface area contributed by atoms with Crippen molar-refractivity contribution in [1.82, 2.24) is 9.62 Å². The summed E-state index contributed by atoms with van der Waals surface area (Å²) in [6.45, 7) is 1.93. The van der Waals surface area contributed by atoms with E-state index in [9.17, 15) is 22.4 Å². The van der Waals surface area contributed by atoms with E-state index in [1.807, 2.05) is 0 Å². The molecule has 0 radical (unpaired) electrons. The average Bonchev–Trinajstić information content (AvgIpc) is 2.75. The van der Waals surface area contributed by atoms with Crippen molar-refractivity contribution in [3.05, 3.63) is 58.9 Å². The van der Waals surface area contributed by atoms with Gasteiger partial charge in [0.15, 0.2) is 0 Å². The maximum absolute atomic E-state index is 13.1. The van der Waals surface area contributed by atoms with Crippen LogP contribution in [0.2, 0.25) is 5.02 Å². The Labute approximate surface area is 185 Å². The molecule has 7 nitrogen and oxygen atoms in total. The third kappa shape index (κ3) is 5.61. The van der Waals surface area contributed by atoms with Crippen molar-refractivity contribution in [2.75, 3.05) is 25.0 Å². The number of hydrogen-bond acceptors (Lipinski definition) is 4. The van der Waals surface area contributed by atoms with E-state index >= 15 is 0 Å². The summed E-state index contributed by atoms with van der Waals surface area (Å²) in [5.74, 6) is -1.57. The molecule has 2 aromatic rings. The standard InChI is InChI=1S/C21H23ClFN3O4S/c1-14-18(22)3-2-4-19(14)25-20(27)13-24-21(28)15-9-11-26(12-10-15)31(29,30)17-7-5-16(23)6-8-17/h2-8,15H,9-13H2,1H3,(H,24,28)(H,25,27). The smallest absolute Gasteiger partial charge is 0.243 e. The number of piperidine rings is 1. The van der Waals surface area contributed by atoms with Gasteiger partial charge in [-0.25, -0.2) is 12.8 Å². The van der Waals surface area contributed by atoms with Gasteiger partial charge in [-0.05, 0) is 61.7 Å². The second-order valence-electron chi connectivity index (χ2n) is 7.31. The number of carbonyl (C=O) groups excluding carboxylic acids is 2. The zero-order chi connectivity index (χ0) is 22.6. The Morgan fingerprint density at radius 1 is 1.13 bits per heavy atom. The Bertz CT molecular complexity index is 1070. The van der Waals surface area contributed by atoms with Crippen LogP contribution in [0.4, 0.5) is 10.1 Å². The van der Waals surface area contributed by atoms with Crippen LogP contribution in [0.5, 0.6) is 0 Å². The molecule has 3 rings (SSSR count). The summed E-state index contributed by atoms with van der Waals surface area (Å²) < 4.78 is 39.7. The van der Waals surface area contributed by atoms with E-state index in [-0.39, 0.29) is 42.3 Å². The highest BCUT2D eigenvalue weighted by Gasteiger charge is 2.32. The zero-order valence-electron chi connectivity index (χ0n) is 16.9. The van der Waals surface area contributed by atoms with Crippen LogP contribution in [0, 0.1) is 18.7 Å². The lowest BCUT2D eigenvalue weighted by Gasteiger charge is -2.30. The van der Waals surface area contributed by atoms with Gasteiger partial charge < -0.3 is 10.6 Å². The van der Waals surface area contributed by atoms with Crippen molar-refractivity contribution >= 4 is 39.1 Å². The first-order chi connectivity index (χ1) is 14.7. The zero-order valence-corrected chi connectivity index (χ0v) is 18.5. The third-order valence-electron chi connectivity index (χ3n) is 5.24. The van der Waals surface area contributed by atoms with Crippen LogP contribution in [0.1, 0.15) is 18.4 Å². The van der Waals surface area contributed by atoms with E-state index in [0.29, 0.717) is 23.6 Å². The van der Waals surface area contributed by atoms with E-state index in [1.165, 1.54) is 16.4 Å². The van der Waals surface area contributed by atoms with Crippen LogP contribution in [-0.2, 0) is 19.6 Å². The number of nitrogens with one attached hydrogen (secondary N) is 2. The number of halogens is 2. The summed E-state index contributed by atoms with van der Waals surface area (Å²) in [7, 11) is -3.74. The molecular formula is C21H23ClFN3O4S. The second-order valence-corrected chi connectivity index (χ2v) is 9.66. The molecule has 2 aromatic carbocycles. The fourth-order valence-corrected chi connectivity index (χ4v) is 5.01. The summed E-state index contributed by atoms with van der Waals surface area (Å²) in [6.07, 6.45) is 0.669. The van der Waals surface area contributed by atoms with Gasteiger partial charge in [0.1, 0.15) is 5.82 Å². The molecule has 0 aliphatic carbocycles. The van der Waals surface area contributed by atoms with Crippen molar-refractivity contribution in [3.63, 3.8) is 0 Å². The highest BCUT2D eigenvalue weighted by Crippen LogP contribution is 2.25. The number of benzene rings is 2. The van der Waals surface area contributed by atoms with Gasteiger partial charge in [-0.2, -0.15) is 4.31 Å². The maximum atomic E-state index is 13.1. The molecule has 1 fully saturated rings. The first kappa shape index (κ1) is 23.2. The van der Waals surface area contributed by atoms with Crippen molar-refractivity contribution < 1.29 is 22.4 Å². The highest BCUT2D eigenvalue weighted by molar-refractivity contribution is 7.89. The Balaban J connectivity index is 1.49. The number of sulfonamides is 1. The Hall–Kier alpha value is -2.49. The summed E-state index contributed by atoms with van der Waals surface area (Å²) in [6, 6.07) is 9.81. The summed E-state index contributed by atoms with van der Waals surface area (Å²) in [5.41, 5.74) is 1.31. The van der Waals surface area contributed by atoms with Crippen LogP contribution in [-0.4, -0.2) is 44.2 Å². The largest absolute Gasteiger partial charge is 0.347 e. The molecule has 166 valence electrons. The predicted molar refractivity (Wildman–Crippen MR) is 116 cm³/mol. The first-order valence-corrected chi connectivity index (χ1v) is 11.6. The topological polar surface area (TPSA) is 95.6 Å². The molecule has 0 spiro atoms. The maximum Gasteiger partial charge on any atom is 0.243 e. The minimum atomic E-state index is -3.74. The lowest BCUT2D eigenvalue weighted by molar-refractivity contribution is -0.128. The Morgan fingerprint density at radius 2 is 1.77 bits per heavy atom. The van der Waals surface area contributed by atoms with Gasteiger partial charge in [0, 0.05) is 29.7 Å². The Morgan fingerprint density at radius 3 is 2.42 bits per heavy atom. The number of hydrogen-bond donors (Lipinski definition) is 2. The van der Waals surface area contributed by atoms with Crippen molar-refractivity contribution in [3.8, 4) is 0 Å². The van der Waals surface area contributed by atoms with Gasteiger partial charge in [-0.1, -0.05) is 17.7 Å². The Kier molecular flexibility index (Phi) is 7.30. The van der Waals surface area contributed by atoms with E-state index in [0.717, 1.165) is 17.7 Å². The molecule has 10 heteroatoms. The number of amides is 2. The van der Waals surface area contributed by atoms with Gasteiger partial charge in [0.2, 0.25) is 21.8 Å². The van der Waals surface area contributed by atoms with Crippen LogP contribution >= 0.6 is 11.6 Å². The van der Waals surface area contributed by atoms with E-state index < -0.39 is 15.8 Å². The molecule has 1 aliphatic heterocycles. The van der Waals surface area contributed by atoms with Gasteiger partial charge in [-0.3, -0.25) is 9.59 Å². The van der Waals surface area contributed by atoms with Crippen molar-refractivity contribution in [2.24, 2.45) is 5.92 Å². The minimum absolute atomic E-state index is 0.0183. The molecular weight excluding hydrogens is 445 g/mol. The molecule has 0 atom stereocenters. The molecule has 2 amide bonds. The fraction of sp³-hybridized carbons (Fsp3) is 0.333.